The topological polar surface area (TPSA) is 69.9 Å². The highest BCUT2D eigenvalue weighted by atomic mass is 35.5. The average molecular weight is 649 g/mol. The van der Waals surface area contributed by atoms with Crippen molar-refractivity contribution < 1.29 is 14.3 Å². The third-order valence-corrected chi connectivity index (χ3v) is 8.98. The smallest absolute Gasteiger partial charge is 0.338 e. The van der Waals surface area contributed by atoms with Gasteiger partial charge in [-0.15, -0.1) is 0 Å². The van der Waals surface area contributed by atoms with Gasteiger partial charge >= 0.3 is 5.97 Å². The Morgan fingerprint density at radius 1 is 0.978 bits per heavy atom. The summed E-state index contributed by atoms with van der Waals surface area (Å²) in [4.78, 5) is 33.3. The van der Waals surface area contributed by atoms with Crippen molar-refractivity contribution >= 4 is 40.7 Å². The first-order valence-corrected chi connectivity index (χ1v) is 16.4. The second kappa shape index (κ2) is 13.7. The molecular weight excluding hydrogens is 616 g/mol. The second-order valence-electron chi connectivity index (χ2n) is 11.2. The van der Waals surface area contributed by atoms with Crippen LogP contribution < -0.4 is 19.6 Å². The van der Waals surface area contributed by atoms with Crippen molar-refractivity contribution in [3.63, 3.8) is 0 Å². The number of benzene rings is 4. The van der Waals surface area contributed by atoms with Crippen LogP contribution in [0.15, 0.2) is 118 Å². The van der Waals surface area contributed by atoms with Gasteiger partial charge in [-0.25, -0.2) is 9.79 Å². The van der Waals surface area contributed by atoms with Gasteiger partial charge in [0.2, 0.25) is 0 Å². The van der Waals surface area contributed by atoms with E-state index in [2.05, 4.69) is 26.0 Å². The van der Waals surface area contributed by atoms with Gasteiger partial charge in [-0.1, -0.05) is 116 Å². The number of hydrogen-bond acceptors (Lipinski definition) is 6. The molecule has 1 atom stereocenters. The Morgan fingerprint density at radius 3 is 2.39 bits per heavy atom. The molecule has 0 amide bonds. The highest BCUT2D eigenvalue weighted by Crippen LogP contribution is 2.35. The number of hydrogen-bond donors (Lipinski definition) is 0. The molecule has 5 aromatic rings. The molecule has 0 bridgehead atoms. The number of fused-ring (bicyclic) bond motifs is 1. The van der Waals surface area contributed by atoms with Crippen molar-refractivity contribution in [1.29, 1.82) is 0 Å². The van der Waals surface area contributed by atoms with Gasteiger partial charge in [-0.05, 0) is 65.4 Å². The number of thiazole rings is 1. The van der Waals surface area contributed by atoms with E-state index in [4.69, 9.17) is 26.1 Å². The fraction of sp³-hybridized carbons (Fsp3) is 0.184. The summed E-state index contributed by atoms with van der Waals surface area (Å²) in [7, 11) is 0. The highest BCUT2D eigenvalue weighted by molar-refractivity contribution is 7.07. The Balaban J connectivity index is 1.44. The number of ether oxygens (including phenoxy) is 2. The number of rotatable bonds is 9. The molecule has 0 N–H and O–H groups in total. The van der Waals surface area contributed by atoms with Crippen LogP contribution in [0.5, 0.6) is 5.75 Å². The molecule has 0 aliphatic carbocycles. The van der Waals surface area contributed by atoms with Crippen molar-refractivity contribution in [1.82, 2.24) is 4.57 Å². The minimum Gasteiger partial charge on any atom is -0.489 e. The molecule has 0 unspecified atom stereocenters. The van der Waals surface area contributed by atoms with E-state index in [9.17, 15) is 9.59 Å². The van der Waals surface area contributed by atoms with Crippen LogP contribution in [-0.4, -0.2) is 17.1 Å². The van der Waals surface area contributed by atoms with Gasteiger partial charge in [0.15, 0.2) is 4.80 Å². The van der Waals surface area contributed by atoms with E-state index in [0.717, 1.165) is 22.3 Å². The van der Waals surface area contributed by atoms with Crippen LogP contribution in [0.4, 0.5) is 0 Å². The molecule has 6 nitrogen and oxygen atoms in total. The third kappa shape index (κ3) is 6.62. The molecule has 232 valence electrons. The molecule has 1 aliphatic heterocycles. The summed E-state index contributed by atoms with van der Waals surface area (Å²) in [6.07, 6.45) is 1.85. The highest BCUT2D eigenvalue weighted by Gasteiger charge is 2.35. The van der Waals surface area contributed by atoms with Gasteiger partial charge in [0, 0.05) is 10.6 Å². The Morgan fingerprint density at radius 2 is 1.72 bits per heavy atom. The van der Waals surface area contributed by atoms with E-state index < -0.39 is 12.0 Å². The first-order valence-electron chi connectivity index (χ1n) is 15.2. The summed E-state index contributed by atoms with van der Waals surface area (Å²) in [5, 5.41) is 0.665. The van der Waals surface area contributed by atoms with E-state index in [1.165, 1.54) is 16.9 Å². The fourth-order valence-corrected chi connectivity index (χ4v) is 6.64. The molecule has 4 aromatic carbocycles. The molecular formula is C38H33ClN2O4S. The summed E-state index contributed by atoms with van der Waals surface area (Å²) in [6, 6.07) is 32.1. The lowest BCUT2D eigenvalue weighted by Gasteiger charge is -2.26. The van der Waals surface area contributed by atoms with Crippen LogP contribution in [0.25, 0.3) is 11.8 Å². The number of aromatic nitrogens is 1. The largest absolute Gasteiger partial charge is 0.489 e. The van der Waals surface area contributed by atoms with Crippen LogP contribution >= 0.6 is 22.9 Å². The van der Waals surface area contributed by atoms with Gasteiger partial charge in [0.05, 0.1) is 28.5 Å². The lowest BCUT2D eigenvalue weighted by molar-refractivity contribution is -0.138. The Labute approximate surface area is 276 Å². The Hall–Kier alpha value is -4.72. The summed E-state index contributed by atoms with van der Waals surface area (Å²) < 4.78 is 13.6. The van der Waals surface area contributed by atoms with E-state index in [-0.39, 0.29) is 12.2 Å². The number of nitrogens with zero attached hydrogens (tertiary/aromatic N) is 2. The van der Waals surface area contributed by atoms with Crippen LogP contribution in [0.1, 0.15) is 60.5 Å². The molecule has 0 radical (unpaired) electrons. The summed E-state index contributed by atoms with van der Waals surface area (Å²) >= 11 is 7.39. The zero-order chi connectivity index (χ0) is 32.2. The SMILES string of the molecule is CCOC(=O)C1=C(c2ccccc2)N=c2s/c(=C\c3ccc(OCc4cccc(Cl)c4)cc3)c(=O)n2[C@H]1c1ccc(C(C)C)cc1. The minimum absolute atomic E-state index is 0.201. The molecule has 1 aromatic heterocycles. The molecule has 46 heavy (non-hydrogen) atoms. The average Bonchev–Trinajstić information content (AvgIpc) is 3.38. The Bertz CT molecular complexity index is 2080. The fourth-order valence-electron chi connectivity index (χ4n) is 5.42. The molecule has 0 saturated heterocycles. The minimum atomic E-state index is -0.712. The Kier molecular flexibility index (Phi) is 9.33. The second-order valence-corrected chi connectivity index (χ2v) is 12.7. The van der Waals surface area contributed by atoms with Crippen molar-refractivity contribution in [2.75, 3.05) is 6.61 Å². The van der Waals surface area contributed by atoms with Crippen LogP contribution in [0.2, 0.25) is 5.02 Å². The van der Waals surface area contributed by atoms with Crippen molar-refractivity contribution in [2.45, 2.75) is 39.3 Å². The molecule has 6 rings (SSSR count). The maximum absolute atomic E-state index is 14.2. The first-order chi connectivity index (χ1) is 22.3. The first kappa shape index (κ1) is 31.3. The van der Waals surface area contributed by atoms with Crippen molar-refractivity contribution in [2.24, 2.45) is 4.99 Å². The molecule has 2 heterocycles. The zero-order valence-corrected chi connectivity index (χ0v) is 27.3. The monoisotopic (exact) mass is 648 g/mol. The van der Waals surface area contributed by atoms with Crippen LogP contribution in [0.3, 0.4) is 0 Å². The number of carbonyl (C=O) groups is 1. The molecule has 1 aliphatic rings. The van der Waals surface area contributed by atoms with Gasteiger partial charge < -0.3 is 9.47 Å². The van der Waals surface area contributed by atoms with Crippen molar-refractivity contribution in [3.8, 4) is 5.75 Å². The van der Waals surface area contributed by atoms with Crippen molar-refractivity contribution in [3.05, 3.63) is 161 Å². The summed E-state index contributed by atoms with van der Waals surface area (Å²) in [5.41, 5.74) is 5.19. The third-order valence-electron chi connectivity index (χ3n) is 7.76. The van der Waals surface area contributed by atoms with Gasteiger partial charge in [-0.3, -0.25) is 9.36 Å². The molecule has 0 fully saturated rings. The standard InChI is InChI=1S/C38H33ClN2O4S/c1-4-44-37(43)33-34(28-10-6-5-7-11-28)40-38-41(35(33)29-17-15-27(16-18-29)24(2)3)36(42)32(46-38)22-25-13-19-31(20-14-25)45-23-26-9-8-12-30(39)21-26/h5-22,24,35H,4,23H2,1-3H3/b32-22-/t35-/m0/s1. The predicted molar refractivity (Wildman–Crippen MR) is 184 cm³/mol. The normalized spacial score (nSPS) is 14.6. The lowest BCUT2D eigenvalue weighted by Crippen LogP contribution is -2.40. The molecule has 0 saturated carbocycles. The van der Waals surface area contributed by atoms with Gasteiger partial charge in [0.25, 0.3) is 5.56 Å². The maximum Gasteiger partial charge on any atom is 0.338 e. The van der Waals surface area contributed by atoms with Crippen LogP contribution in [-0.2, 0) is 16.1 Å². The number of carbonyl (C=O) groups excluding carboxylic acids is 1. The van der Waals surface area contributed by atoms with Gasteiger partial charge in [0.1, 0.15) is 12.4 Å². The predicted octanol–water partition coefficient (Wildman–Crippen LogP) is 7.29. The van der Waals surface area contributed by atoms with E-state index in [1.54, 1.807) is 11.5 Å². The molecule has 8 heteroatoms. The van der Waals surface area contributed by atoms with Crippen LogP contribution in [0, 0.1) is 0 Å². The summed E-state index contributed by atoms with van der Waals surface area (Å²) in [5.74, 6) is 0.547. The maximum atomic E-state index is 14.2. The number of halogens is 1. The lowest BCUT2D eigenvalue weighted by atomic mass is 9.91. The zero-order valence-electron chi connectivity index (χ0n) is 25.8. The van der Waals surface area contributed by atoms with Gasteiger partial charge in [-0.2, -0.15) is 0 Å². The number of esters is 1. The van der Waals surface area contributed by atoms with E-state index >= 15 is 0 Å². The molecule has 0 spiro atoms. The van der Waals surface area contributed by atoms with E-state index in [1.807, 2.05) is 97.1 Å². The summed E-state index contributed by atoms with van der Waals surface area (Å²) in [6.45, 7) is 6.63. The quantitative estimate of drug-likeness (QED) is 0.157. The van der Waals surface area contributed by atoms with E-state index in [0.29, 0.717) is 43.9 Å².